The van der Waals surface area contributed by atoms with Crippen molar-refractivity contribution in [1.82, 2.24) is 39.9 Å². The number of aryl methyl sites for hydroxylation is 3. The Morgan fingerprint density at radius 3 is 1.36 bits per heavy atom. The van der Waals surface area contributed by atoms with Gasteiger partial charge in [0.15, 0.2) is 0 Å². The van der Waals surface area contributed by atoms with E-state index in [2.05, 4.69) is 98.8 Å². The smallest absolute Gasteiger partial charge is 0.0755 e. The number of aliphatic hydroxyl groups is 8. The fourth-order valence-corrected chi connectivity index (χ4v) is 15.7. The van der Waals surface area contributed by atoms with Crippen LogP contribution in [0.15, 0.2) is 201 Å². The van der Waals surface area contributed by atoms with Crippen molar-refractivity contribution in [2.75, 3.05) is 0 Å². The van der Waals surface area contributed by atoms with Crippen LogP contribution >= 0.6 is 0 Å². The summed E-state index contributed by atoms with van der Waals surface area (Å²) in [6.45, 7) is 28.0. The fraction of sp³-hybridized carbons (Fsp3) is 0.464. The number of rotatable bonds is 14. The van der Waals surface area contributed by atoms with E-state index in [4.69, 9.17) is 0 Å². The maximum Gasteiger partial charge on any atom is 0.0755 e. The Balaban J connectivity index is 0.000000346. The molecule has 20 heteroatoms. The first kappa shape index (κ1) is 105. The first-order valence-corrected chi connectivity index (χ1v) is 40.8. The second-order valence-corrected chi connectivity index (χ2v) is 32.5. The molecule has 16 atom stereocenters. The average molecular weight is 2300 g/mol. The third-order valence-electron chi connectivity index (χ3n) is 21.7. The van der Waals surface area contributed by atoms with E-state index >= 15 is 0 Å². The predicted molar refractivity (Wildman–Crippen MR) is 455 cm³/mol. The maximum atomic E-state index is 10.1. The fourth-order valence-electron chi connectivity index (χ4n) is 15.7. The largest absolute Gasteiger partial charge is 0.393 e. The van der Waals surface area contributed by atoms with E-state index in [0.29, 0.717) is 35.4 Å². The minimum atomic E-state index is -0.370. The Hall–Kier alpha value is -6.08. The Morgan fingerprint density at radius 2 is 0.889 bits per heavy atom. The van der Waals surface area contributed by atoms with Gasteiger partial charge in [-0.3, -0.25) is 24.9 Å². The van der Waals surface area contributed by atoms with Crippen molar-refractivity contribution in [3.05, 3.63) is 242 Å². The van der Waals surface area contributed by atoms with Crippen molar-refractivity contribution in [2.24, 2.45) is 58.7 Å². The molecule has 0 saturated heterocycles. The van der Waals surface area contributed by atoms with Crippen molar-refractivity contribution in [1.29, 1.82) is 0 Å². The molecule has 16 nitrogen and oxygen atoms in total. The SMILES string of the molecule is CC(C)(C)C(O)C1CCCC1O.CC(C)CC1CCCC(C(C)O)C1O.CC1CC(C)C(O)C(C(C)O)C1.CCCC1CCC(C(C)O)C1O.Cc1cnc(-c2[c-]cccc2)c(C)n1.Cc1nccnc1-c1[c-]cccc1.[Ir].[Ir].[Ir].[Ir].[c-]1ccccc1-c1nccc(-c2ccccc2)n1.[c-]1ccccc1-c1nccnc1-c1ccccc1. The zero-order valence-electron chi connectivity index (χ0n) is 70.5. The topological polar surface area (TPSA) is 265 Å². The van der Waals surface area contributed by atoms with E-state index in [1.54, 1.807) is 58.0 Å². The van der Waals surface area contributed by atoms with Gasteiger partial charge >= 0.3 is 0 Å². The summed E-state index contributed by atoms with van der Waals surface area (Å²) in [7, 11) is 0. The second kappa shape index (κ2) is 55.0. The first-order chi connectivity index (χ1) is 54.2. The van der Waals surface area contributed by atoms with Crippen LogP contribution in [0.1, 0.15) is 177 Å². The van der Waals surface area contributed by atoms with Crippen LogP contribution in [-0.4, -0.2) is 130 Å². The first-order valence-electron chi connectivity index (χ1n) is 40.8. The molecule has 4 aliphatic rings. The number of nitrogens with zero attached hydrogens (tertiary/aromatic N) is 8. The summed E-state index contributed by atoms with van der Waals surface area (Å²) in [5.74, 6) is 3.59. The molecule has 14 rings (SSSR count). The number of benzene rings is 6. The maximum absolute atomic E-state index is 10.1. The molecule has 4 heterocycles. The molecule has 0 bridgehead atoms. The van der Waals surface area contributed by atoms with Gasteiger partial charge in [-0.05, 0) is 158 Å². The molecule has 4 saturated carbocycles. The normalized spacial score (nSPS) is 21.9. The number of aromatic nitrogens is 8. The number of hydrogen-bond donors (Lipinski definition) is 8. The molecule has 0 amide bonds. The summed E-state index contributed by atoms with van der Waals surface area (Å²) < 4.78 is 0. The Kier molecular flexibility index (Phi) is 49.4. The molecule has 4 fully saturated rings. The third-order valence-corrected chi connectivity index (χ3v) is 21.7. The van der Waals surface area contributed by atoms with Crippen LogP contribution in [0.2, 0.25) is 0 Å². The zero-order chi connectivity index (χ0) is 82.0. The van der Waals surface area contributed by atoms with Gasteiger partial charge in [0, 0.05) is 170 Å². The molecule has 8 N–H and O–H groups in total. The average Bonchev–Trinajstić information content (AvgIpc) is 1.75. The van der Waals surface area contributed by atoms with Crippen LogP contribution < -0.4 is 0 Å². The second-order valence-electron chi connectivity index (χ2n) is 32.5. The molecule has 117 heavy (non-hydrogen) atoms. The van der Waals surface area contributed by atoms with Crippen molar-refractivity contribution < 1.29 is 121 Å². The van der Waals surface area contributed by atoms with Crippen molar-refractivity contribution in [3.8, 4) is 67.7 Å². The van der Waals surface area contributed by atoms with Crippen molar-refractivity contribution >= 4 is 0 Å². The van der Waals surface area contributed by atoms with Gasteiger partial charge in [-0.2, -0.15) is 0 Å². The van der Waals surface area contributed by atoms with Gasteiger partial charge in [0.1, 0.15) is 0 Å². The molecule has 4 aliphatic carbocycles. The van der Waals surface area contributed by atoms with Gasteiger partial charge in [-0.1, -0.05) is 135 Å². The molecule has 0 spiro atoms. The Morgan fingerprint density at radius 1 is 0.427 bits per heavy atom. The minimum absolute atomic E-state index is 0. The van der Waals surface area contributed by atoms with Crippen LogP contribution in [0, 0.1) is 104 Å². The van der Waals surface area contributed by atoms with Crippen LogP contribution in [-0.2, 0) is 80.4 Å². The Bertz CT molecular complexity index is 4150. The summed E-state index contributed by atoms with van der Waals surface area (Å²) in [5, 5.41) is 77.4. The van der Waals surface area contributed by atoms with Gasteiger partial charge in [-0.15, -0.1) is 144 Å². The summed E-state index contributed by atoms with van der Waals surface area (Å²) in [5.41, 5.74) is 13.3. The van der Waals surface area contributed by atoms with Crippen LogP contribution in [0.3, 0.4) is 0 Å². The van der Waals surface area contributed by atoms with Crippen molar-refractivity contribution in [3.63, 3.8) is 0 Å². The minimum Gasteiger partial charge on any atom is -0.393 e. The molecule has 4 radical (unpaired) electrons. The van der Waals surface area contributed by atoms with Crippen LogP contribution in [0.5, 0.6) is 0 Å². The summed E-state index contributed by atoms with van der Waals surface area (Å²) in [6, 6.07) is 65.8. The summed E-state index contributed by atoms with van der Waals surface area (Å²) in [4.78, 5) is 34.9. The summed E-state index contributed by atoms with van der Waals surface area (Å²) >= 11 is 0. The monoisotopic (exact) mass is 2300 g/mol. The predicted octanol–water partition coefficient (Wildman–Crippen LogP) is 18.7. The van der Waals surface area contributed by atoms with E-state index in [-0.39, 0.29) is 158 Å². The molecular formula is C97H126Ir4N8O8-4. The van der Waals surface area contributed by atoms with E-state index in [1.165, 1.54) is 0 Å². The Labute approximate surface area is 752 Å². The van der Waals surface area contributed by atoms with Gasteiger partial charge in [-0.25, -0.2) is 0 Å². The zero-order valence-corrected chi connectivity index (χ0v) is 80.1. The van der Waals surface area contributed by atoms with E-state index in [9.17, 15) is 40.9 Å². The van der Waals surface area contributed by atoms with E-state index < -0.39 is 0 Å². The molecular weight excluding hydrogens is 2170 g/mol. The molecule has 4 aromatic heterocycles. The van der Waals surface area contributed by atoms with Crippen LogP contribution in [0.4, 0.5) is 0 Å². The van der Waals surface area contributed by atoms with E-state index in [1.807, 2.05) is 205 Å². The molecule has 6 aromatic carbocycles. The van der Waals surface area contributed by atoms with Crippen molar-refractivity contribution in [2.45, 2.75) is 229 Å². The molecule has 16 unspecified atom stereocenters. The summed E-state index contributed by atoms with van der Waals surface area (Å²) in [6.07, 6.45) is 21.4. The van der Waals surface area contributed by atoms with Crippen LogP contribution in [0.25, 0.3) is 67.7 Å². The number of hydrogen-bond acceptors (Lipinski definition) is 16. The van der Waals surface area contributed by atoms with Gasteiger partial charge in [0.25, 0.3) is 0 Å². The van der Waals surface area contributed by atoms with E-state index in [0.717, 1.165) is 162 Å². The van der Waals surface area contributed by atoms with Gasteiger partial charge in [0.2, 0.25) is 0 Å². The quantitative estimate of drug-likeness (QED) is 0.0471. The third kappa shape index (κ3) is 34.4. The molecule has 10 aromatic rings. The molecule has 642 valence electrons. The molecule has 0 aliphatic heterocycles. The number of aliphatic hydroxyl groups excluding tert-OH is 8. The van der Waals surface area contributed by atoms with Gasteiger partial charge in [0.05, 0.1) is 71.7 Å². The van der Waals surface area contributed by atoms with Gasteiger partial charge < -0.3 is 55.8 Å². The standard InChI is InChI=1S/2C16H11N2.C12H11N2.C12H24O2.C11H9N2.3C10H20O2.4Ir/c1-3-7-13(8-4-1)15-16(18-12-11-17-15)14-9-5-2-6-10-14;1-3-7-13(8-4-1)15-11-12-17-16(18-15)14-9-5-2-6-10-14;1-9-8-13-12(10(2)14-9)11-6-4-3-5-7-11;1-8(2)7-10-5-4-6-11(9(3)13)12(10)14;1-9-11(13-8-7-12-9)10-5-3-2-4-6-10;1-6-4-7(2)10(12)9(5-6)8(3)11;1-10(2,3)9(12)7-5-4-6-8(7)11;1-3-4-8-5-6-9(7(2)11)10(8)12;;;;/h2*1-9,11-12H;3-6,8H,1-2H3;8-14H,4-7H2,1-3H3;2-5,7-8H,1H3;6-12H,4-5H2,1-3H3;7-9,11-12H,4-6H2,1-3H3;7-12H,3-6H2,1-2H3;;;;/q3*-1;;-1;;;;;;;.